The minimum absolute atomic E-state index is 0.171. The van der Waals surface area contributed by atoms with Gasteiger partial charge in [0.2, 0.25) is 0 Å². The maximum absolute atomic E-state index is 13.1. The number of anilines is 1. The number of halogens is 2. The number of carbonyl (C=O) groups is 1. The topological polar surface area (TPSA) is 53.4 Å². The van der Waals surface area contributed by atoms with E-state index in [1.54, 1.807) is 17.9 Å². The molecule has 1 aliphatic heterocycles. The molecule has 0 atom stereocenters. The van der Waals surface area contributed by atoms with Gasteiger partial charge in [-0.15, -0.1) is 0 Å². The molecule has 8 heteroatoms. The number of hydrogen-bond acceptors (Lipinski definition) is 4. The first-order valence-corrected chi connectivity index (χ1v) is 9.56. The average Bonchev–Trinajstić information content (AvgIpc) is 3.30. The third kappa shape index (κ3) is 4.09. The van der Waals surface area contributed by atoms with Gasteiger partial charge >= 0.3 is 0 Å². The van der Waals surface area contributed by atoms with Gasteiger partial charge in [-0.25, -0.2) is 4.39 Å². The summed E-state index contributed by atoms with van der Waals surface area (Å²) in [7, 11) is 1.75. The number of nitrogens with one attached hydrogen (secondary N) is 1. The molecule has 2 heterocycles. The van der Waals surface area contributed by atoms with E-state index in [0.717, 1.165) is 51.3 Å². The van der Waals surface area contributed by atoms with Crippen LogP contribution >= 0.6 is 11.6 Å². The van der Waals surface area contributed by atoms with Crippen LogP contribution in [0.25, 0.3) is 0 Å². The van der Waals surface area contributed by atoms with E-state index in [4.69, 9.17) is 11.6 Å². The van der Waals surface area contributed by atoms with Gasteiger partial charge in [0, 0.05) is 51.7 Å². The highest BCUT2D eigenvalue weighted by Gasteiger charge is 2.46. The van der Waals surface area contributed by atoms with Crippen molar-refractivity contribution in [1.29, 1.82) is 0 Å². The first-order valence-electron chi connectivity index (χ1n) is 9.19. The van der Waals surface area contributed by atoms with E-state index in [1.807, 2.05) is 12.1 Å². The van der Waals surface area contributed by atoms with E-state index >= 15 is 0 Å². The van der Waals surface area contributed by atoms with E-state index in [9.17, 15) is 9.18 Å². The lowest BCUT2D eigenvalue weighted by atomic mass is 10.2. The number of aryl methyl sites for hydroxylation is 1. The van der Waals surface area contributed by atoms with Gasteiger partial charge in [-0.05, 0) is 37.1 Å². The largest absolute Gasteiger partial charge is 0.369 e. The molecule has 4 rings (SSSR count). The first-order chi connectivity index (χ1) is 12.9. The first kappa shape index (κ1) is 18.3. The van der Waals surface area contributed by atoms with Crippen LogP contribution in [-0.2, 0) is 7.05 Å². The van der Waals surface area contributed by atoms with E-state index < -0.39 is 0 Å². The molecule has 0 spiro atoms. The second-order valence-electron chi connectivity index (χ2n) is 7.47. The molecule has 1 saturated heterocycles. The SMILES string of the molecule is Cn1cc(Cl)c(C(=O)NC2(CN3CCN(c4ccc(F)cc4)CC3)CC2)n1. The molecular formula is C19H23ClFN5O. The number of piperazine rings is 1. The van der Waals surface area contributed by atoms with Crippen LogP contribution in [-0.4, -0.2) is 58.9 Å². The molecule has 2 fully saturated rings. The highest BCUT2D eigenvalue weighted by molar-refractivity contribution is 6.33. The van der Waals surface area contributed by atoms with Crippen LogP contribution in [0.2, 0.25) is 5.02 Å². The van der Waals surface area contributed by atoms with E-state index in [0.29, 0.717) is 5.02 Å². The number of carbonyl (C=O) groups excluding carboxylic acids is 1. The molecule has 1 N–H and O–H groups in total. The highest BCUT2D eigenvalue weighted by atomic mass is 35.5. The maximum Gasteiger partial charge on any atom is 0.273 e. The van der Waals surface area contributed by atoms with Crippen LogP contribution in [0.5, 0.6) is 0 Å². The Morgan fingerprint density at radius 2 is 1.89 bits per heavy atom. The van der Waals surface area contributed by atoms with Crippen LogP contribution in [0, 0.1) is 5.82 Å². The minimum Gasteiger partial charge on any atom is -0.369 e. The average molecular weight is 392 g/mol. The minimum atomic E-state index is -0.211. The van der Waals surface area contributed by atoms with Crippen molar-refractivity contribution in [2.45, 2.75) is 18.4 Å². The second-order valence-corrected chi connectivity index (χ2v) is 7.88. The molecule has 2 aliphatic rings. The summed E-state index contributed by atoms with van der Waals surface area (Å²) >= 11 is 6.08. The van der Waals surface area contributed by atoms with Crippen LogP contribution in [0.3, 0.4) is 0 Å². The summed E-state index contributed by atoms with van der Waals surface area (Å²) in [4.78, 5) is 17.2. The molecule has 6 nitrogen and oxygen atoms in total. The van der Waals surface area contributed by atoms with Crippen molar-refractivity contribution in [1.82, 2.24) is 20.0 Å². The van der Waals surface area contributed by atoms with Crippen LogP contribution in [0.4, 0.5) is 10.1 Å². The molecular weight excluding hydrogens is 369 g/mol. The molecule has 1 amide bonds. The summed E-state index contributed by atoms with van der Waals surface area (Å²) in [5.41, 5.74) is 1.16. The standard InChI is InChI=1S/C19H23ClFN5O/c1-24-12-16(20)17(23-24)18(27)22-19(6-7-19)13-25-8-10-26(11-9-25)15-4-2-14(21)3-5-15/h2-5,12H,6-11,13H2,1H3,(H,22,27). The fraction of sp³-hybridized carbons (Fsp3) is 0.474. The Kier molecular flexibility index (Phi) is 4.82. The molecule has 144 valence electrons. The Balaban J connectivity index is 1.31. The number of hydrogen-bond donors (Lipinski definition) is 1. The zero-order valence-electron chi connectivity index (χ0n) is 15.3. The summed E-state index contributed by atoms with van der Waals surface area (Å²) in [6.07, 6.45) is 3.58. The van der Waals surface area contributed by atoms with Crippen LogP contribution in [0.15, 0.2) is 30.5 Å². The predicted octanol–water partition coefficient (Wildman–Crippen LogP) is 2.30. The summed E-state index contributed by atoms with van der Waals surface area (Å²) in [5, 5.41) is 7.66. The monoisotopic (exact) mass is 391 g/mol. The zero-order valence-corrected chi connectivity index (χ0v) is 16.0. The third-order valence-electron chi connectivity index (χ3n) is 5.32. The van der Waals surface area contributed by atoms with E-state index in [1.165, 1.54) is 12.1 Å². The van der Waals surface area contributed by atoms with Crippen molar-refractivity contribution in [3.05, 3.63) is 47.0 Å². The fourth-order valence-electron chi connectivity index (χ4n) is 3.63. The normalized spacial score (nSPS) is 19.1. The molecule has 1 saturated carbocycles. The predicted molar refractivity (Wildman–Crippen MR) is 103 cm³/mol. The Bertz CT molecular complexity index is 825. The van der Waals surface area contributed by atoms with Gasteiger partial charge in [0.05, 0.1) is 10.6 Å². The zero-order chi connectivity index (χ0) is 19.0. The summed E-state index contributed by atoms with van der Waals surface area (Å²) in [6.45, 7) is 4.45. The van der Waals surface area contributed by atoms with Gasteiger partial charge in [0.1, 0.15) is 5.82 Å². The molecule has 1 aliphatic carbocycles. The Morgan fingerprint density at radius 3 is 2.44 bits per heavy atom. The summed E-state index contributed by atoms with van der Waals surface area (Å²) in [6, 6.07) is 6.65. The van der Waals surface area contributed by atoms with Crippen LogP contribution in [0.1, 0.15) is 23.3 Å². The number of rotatable bonds is 5. The molecule has 0 radical (unpaired) electrons. The van der Waals surface area contributed by atoms with Gasteiger partial charge in [0.25, 0.3) is 5.91 Å². The molecule has 0 bridgehead atoms. The van der Waals surface area contributed by atoms with Crippen molar-refractivity contribution in [2.24, 2.45) is 7.05 Å². The van der Waals surface area contributed by atoms with Crippen molar-refractivity contribution < 1.29 is 9.18 Å². The number of nitrogens with zero attached hydrogens (tertiary/aromatic N) is 4. The van der Waals surface area contributed by atoms with E-state index in [-0.39, 0.29) is 23.0 Å². The molecule has 0 unspecified atom stereocenters. The smallest absolute Gasteiger partial charge is 0.273 e. The van der Waals surface area contributed by atoms with E-state index in [2.05, 4.69) is 20.2 Å². The molecule has 27 heavy (non-hydrogen) atoms. The van der Waals surface area contributed by atoms with Crippen molar-refractivity contribution >= 4 is 23.2 Å². The quantitative estimate of drug-likeness (QED) is 0.849. The van der Waals surface area contributed by atoms with Gasteiger partial charge in [-0.2, -0.15) is 5.10 Å². The van der Waals surface area contributed by atoms with Gasteiger partial charge in [-0.3, -0.25) is 14.4 Å². The maximum atomic E-state index is 13.1. The number of amides is 1. The van der Waals surface area contributed by atoms with Crippen molar-refractivity contribution in [3.8, 4) is 0 Å². The van der Waals surface area contributed by atoms with Gasteiger partial charge < -0.3 is 10.2 Å². The third-order valence-corrected chi connectivity index (χ3v) is 5.60. The lowest BCUT2D eigenvalue weighted by Crippen LogP contribution is -2.52. The highest BCUT2D eigenvalue weighted by Crippen LogP contribution is 2.37. The number of aromatic nitrogens is 2. The Hall–Kier alpha value is -2.12. The summed E-state index contributed by atoms with van der Waals surface area (Å²) in [5.74, 6) is -0.417. The molecule has 2 aromatic rings. The van der Waals surface area contributed by atoms with Gasteiger partial charge in [-0.1, -0.05) is 11.6 Å². The molecule has 1 aromatic heterocycles. The lowest BCUT2D eigenvalue weighted by Gasteiger charge is -2.37. The van der Waals surface area contributed by atoms with Crippen molar-refractivity contribution in [2.75, 3.05) is 37.6 Å². The molecule has 1 aromatic carbocycles. The van der Waals surface area contributed by atoms with Crippen LogP contribution < -0.4 is 10.2 Å². The second kappa shape index (κ2) is 7.13. The fourth-order valence-corrected chi connectivity index (χ4v) is 3.90. The lowest BCUT2D eigenvalue weighted by molar-refractivity contribution is 0.0909. The Morgan fingerprint density at radius 1 is 1.22 bits per heavy atom. The van der Waals surface area contributed by atoms with Gasteiger partial charge in [0.15, 0.2) is 5.69 Å². The van der Waals surface area contributed by atoms with Crippen molar-refractivity contribution in [3.63, 3.8) is 0 Å². The number of benzene rings is 1. The summed E-state index contributed by atoms with van der Waals surface area (Å²) < 4.78 is 14.6. The Labute approximate surface area is 162 Å².